The van der Waals surface area contributed by atoms with Gasteiger partial charge in [0.1, 0.15) is 6.07 Å². The smallest absolute Gasteiger partial charge is 0.101 e. The van der Waals surface area contributed by atoms with Crippen molar-refractivity contribution in [2.45, 2.75) is 0 Å². The first-order valence-corrected chi connectivity index (χ1v) is 5.28. The van der Waals surface area contributed by atoms with Gasteiger partial charge in [-0.2, -0.15) is 5.26 Å². The summed E-state index contributed by atoms with van der Waals surface area (Å²) in [6, 6.07) is 7.15. The monoisotopic (exact) mass is 240 g/mol. The van der Waals surface area contributed by atoms with Gasteiger partial charge in [0.05, 0.1) is 30.4 Å². The van der Waals surface area contributed by atoms with Gasteiger partial charge in [-0.15, -0.1) is 0 Å². The maximum Gasteiger partial charge on any atom is 0.101 e. The molecule has 0 amide bonds. The summed E-state index contributed by atoms with van der Waals surface area (Å²) >= 11 is 5.87. The lowest BCUT2D eigenvalue weighted by atomic mass is 10.2. The van der Waals surface area contributed by atoms with E-state index in [0.717, 1.165) is 5.69 Å². The second-order valence-corrected chi connectivity index (χ2v) is 3.48. The summed E-state index contributed by atoms with van der Waals surface area (Å²) in [7, 11) is 0. The maximum absolute atomic E-state index is 8.68. The number of hydrogen-bond donors (Lipinski definition) is 2. The van der Waals surface area contributed by atoms with Crippen LogP contribution in [0, 0.1) is 11.3 Å². The van der Waals surface area contributed by atoms with Crippen molar-refractivity contribution >= 4 is 17.3 Å². The van der Waals surface area contributed by atoms with Crippen LogP contribution < -0.4 is 5.32 Å². The molecule has 0 aromatic heterocycles. The molecule has 1 aromatic carbocycles. The molecule has 0 aliphatic heterocycles. The number of ether oxygens (including phenoxy) is 1. The van der Waals surface area contributed by atoms with Crippen LogP contribution in [0.5, 0.6) is 0 Å². The van der Waals surface area contributed by atoms with Gasteiger partial charge in [0.25, 0.3) is 0 Å². The second-order valence-electron chi connectivity index (χ2n) is 3.07. The summed E-state index contributed by atoms with van der Waals surface area (Å²) in [6.45, 7) is 1.51. The van der Waals surface area contributed by atoms with Crippen LogP contribution in [0.3, 0.4) is 0 Å². The fourth-order valence-electron chi connectivity index (χ4n) is 1.15. The first-order valence-electron chi connectivity index (χ1n) is 4.90. The average molecular weight is 241 g/mol. The van der Waals surface area contributed by atoms with Crippen LogP contribution in [0.25, 0.3) is 0 Å². The highest BCUT2D eigenvalue weighted by atomic mass is 35.5. The van der Waals surface area contributed by atoms with Crippen molar-refractivity contribution in [2.75, 3.05) is 31.7 Å². The maximum atomic E-state index is 8.68. The lowest BCUT2D eigenvalue weighted by molar-refractivity contribution is 0.0992. The van der Waals surface area contributed by atoms with Crippen molar-refractivity contribution in [3.05, 3.63) is 28.8 Å². The van der Waals surface area contributed by atoms with Crippen LogP contribution in [0.4, 0.5) is 5.69 Å². The van der Waals surface area contributed by atoms with E-state index in [4.69, 9.17) is 26.7 Å². The van der Waals surface area contributed by atoms with Crippen molar-refractivity contribution in [1.82, 2.24) is 0 Å². The Morgan fingerprint density at radius 2 is 2.25 bits per heavy atom. The molecule has 0 saturated carbocycles. The van der Waals surface area contributed by atoms with E-state index in [0.29, 0.717) is 30.3 Å². The van der Waals surface area contributed by atoms with Crippen LogP contribution in [0.15, 0.2) is 18.2 Å². The van der Waals surface area contributed by atoms with Crippen LogP contribution >= 0.6 is 11.6 Å². The number of nitriles is 1. The molecule has 2 N–H and O–H groups in total. The lowest BCUT2D eigenvalue weighted by Crippen LogP contribution is -2.11. The van der Waals surface area contributed by atoms with Gasteiger partial charge >= 0.3 is 0 Å². The molecule has 0 fully saturated rings. The summed E-state index contributed by atoms with van der Waals surface area (Å²) in [4.78, 5) is 0. The minimum absolute atomic E-state index is 0.0305. The average Bonchev–Trinajstić information content (AvgIpc) is 2.29. The first kappa shape index (κ1) is 12.8. The molecule has 0 heterocycles. The second kappa shape index (κ2) is 7.07. The number of rotatable bonds is 6. The fraction of sp³-hybridized carbons (Fsp3) is 0.364. The number of nitrogens with zero attached hydrogens (tertiary/aromatic N) is 1. The number of aliphatic hydroxyl groups is 1. The molecule has 5 heteroatoms. The third kappa shape index (κ3) is 4.07. The Kier molecular flexibility index (Phi) is 5.65. The Morgan fingerprint density at radius 1 is 1.44 bits per heavy atom. The van der Waals surface area contributed by atoms with E-state index in [1.165, 1.54) is 0 Å². The van der Waals surface area contributed by atoms with E-state index in [1.807, 2.05) is 6.07 Å². The van der Waals surface area contributed by atoms with Gasteiger partial charge < -0.3 is 15.2 Å². The molecule has 1 rings (SSSR count). The number of nitrogens with one attached hydrogen (secondary N) is 1. The van der Waals surface area contributed by atoms with Crippen molar-refractivity contribution in [3.63, 3.8) is 0 Å². The Bertz CT molecular complexity index is 377. The quantitative estimate of drug-likeness (QED) is 0.742. The molecule has 0 atom stereocenters. The SMILES string of the molecule is N#Cc1ccc(NCCOCCO)cc1Cl. The summed E-state index contributed by atoms with van der Waals surface area (Å²) in [5.41, 5.74) is 1.31. The van der Waals surface area contributed by atoms with Crippen LogP contribution in [0.1, 0.15) is 5.56 Å². The number of aliphatic hydroxyl groups excluding tert-OH is 1. The minimum Gasteiger partial charge on any atom is -0.394 e. The molecule has 0 aliphatic rings. The molecule has 0 bridgehead atoms. The Hall–Kier alpha value is -1.28. The molecule has 4 nitrogen and oxygen atoms in total. The lowest BCUT2D eigenvalue weighted by Gasteiger charge is -2.07. The van der Waals surface area contributed by atoms with Gasteiger partial charge in [-0.25, -0.2) is 0 Å². The van der Waals surface area contributed by atoms with Gasteiger partial charge in [-0.3, -0.25) is 0 Å². The number of anilines is 1. The van der Waals surface area contributed by atoms with E-state index in [9.17, 15) is 0 Å². The summed E-state index contributed by atoms with van der Waals surface area (Å²) in [6.07, 6.45) is 0. The molecule has 0 saturated heterocycles. The normalized spacial score (nSPS) is 9.81. The standard InChI is InChI=1S/C11H13ClN2O2/c12-11-7-10(2-1-9(11)8-13)14-3-5-16-6-4-15/h1-2,7,14-15H,3-6H2. The van der Waals surface area contributed by atoms with E-state index in [-0.39, 0.29) is 6.61 Å². The van der Waals surface area contributed by atoms with Gasteiger partial charge in [-0.05, 0) is 18.2 Å². The predicted octanol–water partition coefficient (Wildman–Crippen LogP) is 1.63. The zero-order valence-electron chi connectivity index (χ0n) is 8.74. The highest BCUT2D eigenvalue weighted by Gasteiger charge is 2.00. The molecule has 86 valence electrons. The summed E-state index contributed by atoms with van der Waals surface area (Å²) < 4.78 is 5.08. The number of benzene rings is 1. The third-order valence-corrected chi connectivity index (χ3v) is 2.21. The topological polar surface area (TPSA) is 65.3 Å². The Labute approximate surface area is 99.4 Å². The first-order chi connectivity index (χ1) is 7.77. The van der Waals surface area contributed by atoms with Gasteiger partial charge in [0, 0.05) is 12.2 Å². The zero-order valence-corrected chi connectivity index (χ0v) is 9.50. The zero-order chi connectivity index (χ0) is 11.8. The third-order valence-electron chi connectivity index (χ3n) is 1.90. The molecular formula is C11H13ClN2O2. The van der Waals surface area contributed by atoms with E-state index < -0.39 is 0 Å². The highest BCUT2D eigenvalue weighted by molar-refractivity contribution is 6.32. The van der Waals surface area contributed by atoms with Gasteiger partial charge in [0.2, 0.25) is 0 Å². The van der Waals surface area contributed by atoms with Gasteiger partial charge in [0.15, 0.2) is 0 Å². The Balaban J connectivity index is 2.38. The largest absolute Gasteiger partial charge is 0.394 e. The summed E-state index contributed by atoms with van der Waals surface area (Å²) in [5.74, 6) is 0. The fourth-order valence-corrected chi connectivity index (χ4v) is 1.37. The Morgan fingerprint density at radius 3 is 2.88 bits per heavy atom. The molecule has 0 spiro atoms. The minimum atomic E-state index is 0.0305. The highest BCUT2D eigenvalue weighted by Crippen LogP contribution is 2.19. The molecular weight excluding hydrogens is 228 g/mol. The number of halogens is 1. The van der Waals surface area contributed by atoms with Crippen molar-refractivity contribution in [1.29, 1.82) is 5.26 Å². The van der Waals surface area contributed by atoms with E-state index in [2.05, 4.69) is 5.32 Å². The summed E-state index contributed by atoms with van der Waals surface area (Å²) in [5, 5.41) is 20.7. The van der Waals surface area contributed by atoms with Gasteiger partial charge in [-0.1, -0.05) is 11.6 Å². The van der Waals surface area contributed by atoms with Crippen molar-refractivity contribution in [3.8, 4) is 6.07 Å². The number of hydrogen-bond acceptors (Lipinski definition) is 4. The van der Waals surface area contributed by atoms with E-state index in [1.54, 1.807) is 18.2 Å². The predicted molar refractivity (Wildman–Crippen MR) is 62.6 cm³/mol. The van der Waals surface area contributed by atoms with Crippen molar-refractivity contribution < 1.29 is 9.84 Å². The van der Waals surface area contributed by atoms with E-state index >= 15 is 0 Å². The molecule has 1 aromatic rings. The molecule has 0 radical (unpaired) electrons. The van der Waals surface area contributed by atoms with Crippen LogP contribution in [-0.4, -0.2) is 31.5 Å². The van der Waals surface area contributed by atoms with Crippen LogP contribution in [0.2, 0.25) is 5.02 Å². The molecule has 16 heavy (non-hydrogen) atoms. The van der Waals surface area contributed by atoms with Crippen molar-refractivity contribution in [2.24, 2.45) is 0 Å². The van der Waals surface area contributed by atoms with Crippen LogP contribution in [-0.2, 0) is 4.74 Å². The molecule has 0 unspecified atom stereocenters. The molecule has 0 aliphatic carbocycles.